The van der Waals surface area contributed by atoms with Crippen LogP contribution in [0.5, 0.6) is 0 Å². The van der Waals surface area contributed by atoms with Gasteiger partial charge in [0.1, 0.15) is 0 Å². The van der Waals surface area contributed by atoms with Crippen molar-refractivity contribution in [1.29, 1.82) is 0 Å². The summed E-state index contributed by atoms with van der Waals surface area (Å²) in [5.74, 6) is 1.75. The van der Waals surface area contributed by atoms with Gasteiger partial charge in [-0.05, 0) is 74.0 Å². The van der Waals surface area contributed by atoms with Crippen molar-refractivity contribution in [3.05, 3.63) is 33.8 Å². The van der Waals surface area contributed by atoms with Crippen LogP contribution in [-0.4, -0.2) is 5.78 Å². The van der Waals surface area contributed by atoms with E-state index in [0.29, 0.717) is 21.0 Å². The number of Topliss-reactive ketones (excluding diaryl/α,β-unsaturated/α-hetero) is 1. The number of carbonyl (C=O) groups excluding carboxylic acids is 1. The Kier molecular flexibility index (Phi) is 3.01. The molecule has 5 rings (SSSR count). The zero-order valence-corrected chi connectivity index (χ0v) is 13.8. The molecule has 1 nitrogen and oxygen atoms in total. The predicted molar refractivity (Wildman–Crippen MR) is 86.0 cm³/mol. The Morgan fingerprint density at radius 1 is 1.14 bits per heavy atom. The van der Waals surface area contributed by atoms with Gasteiger partial charge in [-0.15, -0.1) is 0 Å². The molecule has 0 radical (unpaired) electrons. The molecular weight excluding hydrogens is 303 g/mol. The third-order valence-corrected chi connectivity index (χ3v) is 6.56. The van der Waals surface area contributed by atoms with Crippen LogP contribution in [0.3, 0.4) is 0 Å². The minimum atomic E-state index is -0.156. The molecule has 4 fully saturated rings. The van der Waals surface area contributed by atoms with E-state index in [4.69, 9.17) is 23.2 Å². The number of ketones is 1. The van der Waals surface area contributed by atoms with Crippen molar-refractivity contribution in [1.82, 2.24) is 0 Å². The number of carbonyl (C=O) groups is 1. The van der Waals surface area contributed by atoms with Crippen LogP contribution in [0, 0.1) is 22.7 Å². The molecule has 0 saturated heterocycles. The Balaban J connectivity index is 1.74. The average Bonchev–Trinajstić information content (AvgIpc) is 2.35. The molecule has 112 valence electrons. The average molecular weight is 323 g/mol. The van der Waals surface area contributed by atoms with Crippen LogP contribution in [0.25, 0.3) is 0 Å². The van der Waals surface area contributed by atoms with E-state index >= 15 is 0 Å². The van der Waals surface area contributed by atoms with Gasteiger partial charge in [-0.1, -0.05) is 30.1 Å². The van der Waals surface area contributed by atoms with Gasteiger partial charge < -0.3 is 0 Å². The Morgan fingerprint density at radius 2 is 1.81 bits per heavy atom. The second-order valence-corrected chi connectivity index (χ2v) is 8.85. The van der Waals surface area contributed by atoms with Crippen LogP contribution in [0.4, 0.5) is 0 Å². The van der Waals surface area contributed by atoms with Gasteiger partial charge in [0.2, 0.25) is 0 Å². The number of hydrogen-bond acceptors (Lipinski definition) is 1. The molecule has 0 N–H and O–H groups in total. The second-order valence-electron chi connectivity index (χ2n) is 8.01. The van der Waals surface area contributed by atoms with E-state index < -0.39 is 0 Å². The Hall–Kier alpha value is -0.530. The number of halogens is 2. The molecule has 2 atom stereocenters. The van der Waals surface area contributed by atoms with E-state index in [1.807, 2.05) is 6.07 Å². The quantitative estimate of drug-likeness (QED) is 0.630. The fraction of sp³-hybridized carbons (Fsp3) is 0.611. The summed E-state index contributed by atoms with van der Waals surface area (Å²) in [6.45, 7) is 2.38. The molecule has 1 aromatic carbocycles. The van der Waals surface area contributed by atoms with Crippen LogP contribution in [0.15, 0.2) is 18.2 Å². The largest absolute Gasteiger partial charge is 0.294 e. The molecule has 4 bridgehead atoms. The van der Waals surface area contributed by atoms with E-state index in [1.165, 1.54) is 19.3 Å². The lowest BCUT2D eigenvalue weighted by Gasteiger charge is -2.60. The van der Waals surface area contributed by atoms with Crippen LogP contribution in [0.2, 0.25) is 10.0 Å². The van der Waals surface area contributed by atoms with E-state index in [1.54, 1.807) is 12.1 Å². The highest BCUT2D eigenvalue weighted by molar-refractivity contribution is 6.37. The zero-order chi connectivity index (χ0) is 14.8. The molecular formula is C18H20Cl2O. The first kappa shape index (κ1) is 14.1. The molecule has 4 aliphatic carbocycles. The third kappa shape index (κ3) is 2.16. The van der Waals surface area contributed by atoms with Crippen LogP contribution in [0.1, 0.15) is 55.8 Å². The molecule has 3 heteroatoms. The maximum Gasteiger partial charge on any atom is 0.170 e. The maximum atomic E-state index is 13.2. The summed E-state index contributed by atoms with van der Waals surface area (Å²) < 4.78 is 0. The van der Waals surface area contributed by atoms with Crippen molar-refractivity contribution < 1.29 is 4.79 Å². The summed E-state index contributed by atoms with van der Waals surface area (Å²) >= 11 is 12.3. The summed E-state index contributed by atoms with van der Waals surface area (Å²) in [7, 11) is 0. The summed E-state index contributed by atoms with van der Waals surface area (Å²) in [6.07, 6.45) is 7.14. The van der Waals surface area contributed by atoms with E-state index in [0.717, 1.165) is 31.1 Å². The van der Waals surface area contributed by atoms with Crippen LogP contribution < -0.4 is 0 Å². The minimum Gasteiger partial charge on any atom is -0.294 e. The fourth-order valence-corrected chi connectivity index (χ4v) is 6.44. The summed E-state index contributed by atoms with van der Waals surface area (Å²) in [6, 6.07) is 5.29. The van der Waals surface area contributed by atoms with Crippen LogP contribution >= 0.6 is 23.2 Å². The van der Waals surface area contributed by atoms with Crippen molar-refractivity contribution in [2.24, 2.45) is 22.7 Å². The Morgan fingerprint density at radius 3 is 2.38 bits per heavy atom. The van der Waals surface area contributed by atoms with Gasteiger partial charge in [-0.25, -0.2) is 0 Å². The van der Waals surface area contributed by atoms with E-state index in [9.17, 15) is 4.79 Å². The minimum absolute atomic E-state index is 0.156. The highest BCUT2D eigenvalue weighted by Gasteiger charge is 2.58. The lowest BCUT2D eigenvalue weighted by Crippen LogP contribution is -2.54. The highest BCUT2D eigenvalue weighted by atomic mass is 35.5. The molecule has 0 aliphatic heterocycles. The first-order valence-corrected chi connectivity index (χ1v) is 8.65. The lowest BCUT2D eigenvalue weighted by atomic mass is 9.43. The number of benzene rings is 1. The molecule has 21 heavy (non-hydrogen) atoms. The molecule has 0 spiro atoms. The molecule has 4 aliphatic rings. The Labute approximate surface area is 136 Å². The standard InChI is InChI=1S/C18H20Cl2O/c1-17-6-11-4-12(7-17)9-18(8-11,10-17)16(21)14-3-2-13(19)5-15(14)20/h2-3,5,11-12H,4,6-10H2,1H3. The van der Waals surface area contributed by atoms with Gasteiger partial charge in [-0.3, -0.25) is 4.79 Å². The van der Waals surface area contributed by atoms with Gasteiger partial charge in [0.05, 0.1) is 5.02 Å². The molecule has 4 saturated carbocycles. The molecule has 2 unspecified atom stereocenters. The monoisotopic (exact) mass is 322 g/mol. The topological polar surface area (TPSA) is 17.1 Å². The Bertz CT molecular complexity index is 608. The highest BCUT2D eigenvalue weighted by Crippen LogP contribution is 2.65. The second kappa shape index (κ2) is 4.49. The first-order valence-electron chi connectivity index (χ1n) is 7.89. The fourth-order valence-electron chi connectivity index (χ4n) is 5.95. The predicted octanol–water partition coefficient (Wildman–Crippen LogP) is 5.78. The van der Waals surface area contributed by atoms with Crippen molar-refractivity contribution >= 4 is 29.0 Å². The smallest absolute Gasteiger partial charge is 0.170 e. The molecule has 1 aromatic rings. The summed E-state index contributed by atoms with van der Waals surface area (Å²) in [5, 5.41) is 1.10. The first-order chi connectivity index (χ1) is 9.89. The van der Waals surface area contributed by atoms with E-state index in [-0.39, 0.29) is 11.2 Å². The summed E-state index contributed by atoms with van der Waals surface area (Å²) in [4.78, 5) is 13.2. The van der Waals surface area contributed by atoms with Gasteiger partial charge in [0.25, 0.3) is 0 Å². The number of rotatable bonds is 2. The van der Waals surface area contributed by atoms with Crippen molar-refractivity contribution in [2.75, 3.05) is 0 Å². The molecule has 0 heterocycles. The third-order valence-electron chi connectivity index (χ3n) is 6.01. The van der Waals surface area contributed by atoms with Crippen molar-refractivity contribution in [2.45, 2.75) is 45.4 Å². The van der Waals surface area contributed by atoms with Crippen molar-refractivity contribution in [3.8, 4) is 0 Å². The number of hydrogen-bond donors (Lipinski definition) is 0. The van der Waals surface area contributed by atoms with Gasteiger partial charge >= 0.3 is 0 Å². The molecule has 0 aromatic heterocycles. The summed E-state index contributed by atoms with van der Waals surface area (Å²) in [5.41, 5.74) is 0.890. The van der Waals surface area contributed by atoms with Gasteiger partial charge in [0.15, 0.2) is 5.78 Å². The van der Waals surface area contributed by atoms with Gasteiger partial charge in [0, 0.05) is 16.0 Å². The lowest BCUT2D eigenvalue weighted by molar-refractivity contribution is -0.0820. The van der Waals surface area contributed by atoms with Crippen LogP contribution in [-0.2, 0) is 0 Å². The van der Waals surface area contributed by atoms with Crippen molar-refractivity contribution in [3.63, 3.8) is 0 Å². The van der Waals surface area contributed by atoms with Gasteiger partial charge in [-0.2, -0.15) is 0 Å². The SMILES string of the molecule is CC12CC3CC(C1)CC(C(=O)c1ccc(Cl)cc1Cl)(C3)C2. The van der Waals surface area contributed by atoms with E-state index in [2.05, 4.69) is 6.92 Å². The maximum absolute atomic E-state index is 13.2. The molecule has 0 amide bonds. The zero-order valence-electron chi connectivity index (χ0n) is 12.3. The normalized spacial score (nSPS) is 40.5.